The topological polar surface area (TPSA) is 74.3 Å². The molecule has 1 saturated heterocycles. The summed E-state index contributed by atoms with van der Waals surface area (Å²) in [5, 5.41) is 5.92. The summed E-state index contributed by atoms with van der Waals surface area (Å²) in [5.41, 5.74) is 3.00. The number of pyridine rings is 1. The molecule has 2 aromatic rings. The monoisotopic (exact) mass is 394 g/mol. The number of rotatable bonds is 6. The highest BCUT2D eigenvalue weighted by atomic mass is 16.2. The van der Waals surface area contributed by atoms with Crippen LogP contribution >= 0.6 is 0 Å². The smallest absolute Gasteiger partial charge is 0.253 e. The Kier molecular flexibility index (Phi) is 6.52. The number of aromatic nitrogens is 1. The van der Waals surface area contributed by atoms with E-state index in [4.69, 9.17) is 0 Å². The van der Waals surface area contributed by atoms with E-state index in [1.165, 1.54) is 0 Å². The van der Waals surface area contributed by atoms with Gasteiger partial charge in [-0.15, -0.1) is 0 Å². The molecular formula is C23H30N4O2. The lowest BCUT2D eigenvalue weighted by molar-refractivity contribution is -0.117. The SMILES string of the molecule is CC(C)(C)CC(=O)Nc1ccc(N2CCCC2)c(C(=O)NCc2cccnc2)c1. The fourth-order valence-corrected chi connectivity index (χ4v) is 3.50. The molecule has 0 atom stereocenters. The quantitative estimate of drug-likeness (QED) is 0.777. The first-order valence-corrected chi connectivity index (χ1v) is 10.2. The first kappa shape index (κ1) is 20.8. The number of carbonyl (C=O) groups is 2. The molecule has 1 aliphatic rings. The van der Waals surface area contributed by atoms with E-state index in [0.717, 1.165) is 37.2 Å². The summed E-state index contributed by atoms with van der Waals surface area (Å²) in [6.07, 6.45) is 6.12. The van der Waals surface area contributed by atoms with Crippen molar-refractivity contribution in [1.82, 2.24) is 10.3 Å². The van der Waals surface area contributed by atoms with Gasteiger partial charge in [0.15, 0.2) is 0 Å². The average molecular weight is 395 g/mol. The third kappa shape index (κ3) is 6.04. The molecule has 154 valence electrons. The molecule has 29 heavy (non-hydrogen) atoms. The van der Waals surface area contributed by atoms with Crippen molar-refractivity contribution in [2.24, 2.45) is 5.41 Å². The van der Waals surface area contributed by atoms with Gasteiger partial charge in [0.05, 0.1) is 5.56 Å². The number of carbonyl (C=O) groups excluding carboxylic acids is 2. The van der Waals surface area contributed by atoms with Crippen molar-refractivity contribution >= 4 is 23.2 Å². The Hall–Kier alpha value is -2.89. The molecule has 0 saturated carbocycles. The molecule has 3 rings (SSSR count). The second kappa shape index (κ2) is 9.07. The Morgan fingerprint density at radius 3 is 2.55 bits per heavy atom. The number of hydrogen-bond donors (Lipinski definition) is 2. The van der Waals surface area contributed by atoms with E-state index in [-0.39, 0.29) is 17.2 Å². The van der Waals surface area contributed by atoms with E-state index < -0.39 is 0 Å². The van der Waals surface area contributed by atoms with Crippen LogP contribution in [0.2, 0.25) is 0 Å². The maximum atomic E-state index is 13.0. The summed E-state index contributed by atoms with van der Waals surface area (Å²) >= 11 is 0. The highest BCUT2D eigenvalue weighted by Gasteiger charge is 2.21. The van der Waals surface area contributed by atoms with Crippen LogP contribution in [0.1, 0.15) is 56.0 Å². The minimum atomic E-state index is -0.150. The van der Waals surface area contributed by atoms with E-state index in [9.17, 15) is 9.59 Å². The maximum Gasteiger partial charge on any atom is 0.253 e. The van der Waals surface area contributed by atoms with Gasteiger partial charge in [0.2, 0.25) is 5.91 Å². The van der Waals surface area contributed by atoms with Crippen molar-refractivity contribution in [2.45, 2.75) is 46.6 Å². The van der Waals surface area contributed by atoms with Crippen molar-refractivity contribution in [3.8, 4) is 0 Å². The lowest BCUT2D eigenvalue weighted by Crippen LogP contribution is -2.27. The highest BCUT2D eigenvalue weighted by Crippen LogP contribution is 2.28. The van der Waals surface area contributed by atoms with E-state index in [0.29, 0.717) is 24.2 Å². The Morgan fingerprint density at radius 2 is 1.90 bits per heavy atom. The maximum absolute atomic E-state index is 13.0. The zero-order chi connectivity index (χ0) is 20.9. The number of benzene rings is 1. The van der Waals surface area contributed by atoms with Crippen LogP contribution in [-0.2, 0) is 11.3 Å². The predicted octanol–water partition coefficient (Wildman–Crippen LogP) is 3.99. The molecule has 2 heterocycles. The molecule has 1 aliphatic heterocycles. The molecule has 0 spiro atoms. The minimum Gasteiger partial charge on any atom is -0.371 e. The van der Waals surface area contributed by atoms with Gasteiger partial charge in [-0.05, 0) is 48.1 Å². The Bertz CT molecular complexity index is 853. The highest BCUT2D eigenvalue weighted by molar-refractivity contribution is 6.02. The van der Waals surface area contributed by atoms with Gasteiger partial charge in [0.25, 0.3) is 5.91 Å². The number of hydrogen-bond acceptors (Lipinski definition) is 4. The molecular weight excluding hydrogens is 364 g/mol. The Balaban J connectivity index is 1.79. The van der Waals surface area contributed by atoms with Gasteiger partial charge in [-0.2, -0.15) is 0 Å². The average Bonchev–Trinajstić information content (AvgIpc) is 3.20. The molecule has 1 aromatic heterocycles. The van der Waals surface area contributed by atoms with Crippen molar-refractivity contribution in [3.05, 3.63) is 53.9 Å². The van der Waals surface area contributed by atoms with Gasteiger partial charge in [0, 0.05) is 49.8 Å². The second-order valence-corrected chi connectivity index (χ2v) is 8.76. The summed E-state index contributed by atoms with van der Waals surface area (Å²) in [5.74, 6) is -0.198. The summed E-state index contributed by atoms with van der Waals surface area (Å²) < 4.78 is 0. The largest absolute Gasteiger partial charge is 0.371 e. The van der Waals surface area contributed by atoms with E-state index in [1.54, 1.807) is 18.5 Å². The van der Waals surface area contributed by atoms with Gasteiger partial charge in [-0.1, -0.05) is 26.8 Å². The normalized spacial score (nSPS) is 14.0. The zero-order valence-electron chi connectivity index (χ0n) is 17.5. The summed E-state index contributed by atoms with van der Waals surface area (Å²) in [6, 6.07) is 9.39. The molecule has 0 unspecified atom stereocenters. The number of nitrogens with one attached hydrogen (secondary N) is 2. The van der Waals surface area contributed by atoms with Crippen LogP contribution in [0, 0.1) is 5.41 Å². The lowest BCUT2D eigenvalue weighted by atomic mass is 9.92. The summed E-state index contributed by atoms with van der Waals surface area (Å²) in [7, 11) is 0. The van der Waals surface area contributed by atoms with Gasteiger partial charge < -0.3 is 15.5 Å². The molecule has 1 fully saturated rings. The van der Waals surface area contributed by atoms with E-state index in [2.05, 4.69) is 20.5 Å². The Morgan fingerprint density at radius 1 is 1.14 bits per heavy atom. The fraction of sp³-hybridized carbons (Fsp3) is 0.435. The van der Waals surface area contributed by atoms with Crippen molar-refractivity contribution in [2.75, 3.05) is 23.3 Å². The van der Waals surface area contributed by atoms with E-state index in [1.807, 2.05) is 45.0 Å². The zero-order valence-corrected chi connectivity index (χ0v) is 17.5. The minimum absolute atomic E-state index is 0.0480. The van der Waals surface area contributed by atoms with Crippen LogP contribution in [0.25, 0.3) is 0 Å². The van der Waals surface area contributed by atoms with Crippen LogP contribution in [-0.4, -0.2) is 29.9 Å². The molecule has 6 nitrogen and oxygen atoms in total. The Labute approximate surface area is 172 Å². The molecule has 0 aliphatic carbocycles. The molecule has 0 bridgehead atoms. The van der Waals surface area contributed by atoms with Crippen LogP contribution in [0.15, 0.2) is 42.7 Å². The van der Waals surface area contributed by atoms with Gasteiger partial charge in [0.1, 0.15) is 0 Å². The lowest BCUT2D eigenvalue weighted by Gasteiger charge is -2.22. The molecule has 2 amide bonds. The first-order chi connectivity index (χ1) is 13.8. The first-order valence-electron chi connectivity index (χ1n) is 10.2. The predicted molar refractivity (Wildman–Crippen MR) is 116 cm³/mol. The van der Waals surface area contributed by atoms with Crippen LogP contribution < -0.4 is 15.5 Å². The number of anilines is 2. The second-order valence-electron chi connectivity index (χ2n) is 8.76. The van der Waals surface area contributed by atoms with Crippen molar-refractivity contribution < 1.29 is 9.59 Å². The number of nitrogens with zero attached hydrogens (tertiary/aromatic N) is 2. The van der Waals surface area contributed by atoms with Crippen LogP contribution in [0.4, 0.5) is 11.4 Å². The number of amides is 2. The van der Waals surface area contributed by atoms with Crippen LogP contribution in [0.5, 0.6) is 0 Å². The fourth-order valence-electron chi connectivity index (χ4n) is 3.50. The van der Waals surface area contributed by atoms with Crippen molar-refractivity contribution in [3.63, 3.8) is 0 Å². The third-order valence-corrected chi connectivity index (χ3v) is 4.84. The standard InChI is InChI=1S/C23H30N4O2/c1-23(2,3)14-21(28)26-18-8-9-20(27-11-4-5-12-27)19(13-18)22(29)25-16-17-7-6-10-24-15-17/h6-10,13,15H,4-5,11-12,14,16H2,1-3H3,(H,25,29)(H,26,28). The van der Waals surface area contributed by atoms with Gasteiger partial charge in [-0.25, -0.2) is 0 Å². The van der Waals surface area contributed by atoms with Gasteiger partial charge >= 0.3 is 0 Å². The summed E-state index contributed by atoms with van der Waals surface area (Å²) in [6.45, 7) is 8.38. The molecule has 2 N–H and O–H groups in total. The molecule has 6 heteroatoms. The molecule has 1 aromatic carbocycles. The third-order valence-electron chi connectivity index (χ3n) is 4.84. The molecule has 0 radical (unpaired) electrons. The summed E-state index contributed by atoms with van der Waals surface area (Å²) in [4.78, 5) is 31.6. The van der Waals surface area contributed by atoms with Crippen LogP contribution in [0.3, 0.4) is 0 Å². The van der Waals surface area contributed by atoms with Crippen molar-refractivity contribution in [1.29, 1.82) is 0 Å². The van der Waals surface area contributed by atoms with E-state index >= 15 is 0 Å². The van der Waals surface area contributed by atoms with Gasteiger partial charge in [-0.3, -0.25) is 14.6 Å².